The molecule has 4 rings (SSSR count). The molecule has 24 heavy (non-hydrogen) atoms. The molecule has 1 aromatic carbocycles. The minimum Gasteiger partial charge on any atom is -0.345 e. The smallest absolute Gasteiger partial charge is 0.223 e. The molecule has 6 heteroatoms. The van der Waals surface area contributed by atoms with E-state index in [0.29, 0.717) is 22.9 Å². The average molecular weight is 315 g/mol. The quantitative estimate of drug-likeness (QED) is 0.608. The Balaban J connectivity index is 1.81. The summed E-state index contributed by atoms with van der Waals surface area (Å²) in [4.78, 5) is 11.7. The lowest BCUT2D eigenvalue weighted by Gasteiger charge is -2.07. The van der Waals surface area contributed by atoms with Crippen LogP contribution in [0.3, 0.4) is 0 Å². The lowest BCUT2D eigenvalue weighted by atomic mass is 9.98. The summed E-state index contributed by atoms with van der Waals surface area (Å²) in [6, 6.07) is 10.2. The summed E-state index contributed by atoms with van der Waals surface area (Å²) in [5.41, 5.74) is 5.31. The van der Waals surface area contributed by atoms with Crippen LogP contribution in [0, 0.1) is 25.2 Å². The molecule has 0 aliphatic rings. The highest BCUT2D eigenvalue weighted by Gasteiger charge is 2.11. The molecule has 0 aliphatic heterocycles. The highest BCUT2D eigenvalue weighted by molar-refractivity contribution is 5.87. The van der Waals surface area contributed by atoms with Gasteiger partial charge in [-0.2, -0.15) is 10.2 Å². The zero-order valence-electron chi connectivity index (χ0n) is 13.2. The Hall–Kier alpha value is -3.46. The first-order valence-electron chi connectivity index (χ1n) is 7.44. The van der Waals surface area contributed by atoms with E-state index in [0.717, 1.165) is 27.6 Å². The number of hydrogen-bond donors (Lipinski definition) is 1. The second-order valence-corrected chi connectivity index (χ2v) is 5.60. The first-order chi connectivity index (χ1) is 11.7. The SMILES string of the molecule is Cc1nc(-c2ccc(-c3cnc4[nH]cc(C#N)c4c3)c(C)c2)no1. The van der Waals surface area contributed by atoms with Gasteiger partial charge < -0.3 is 9.51 Å². The summed E-state index contributed by atoms with van der Waals surface area (Å²) in [6.45, 7) is 3.79. The Morgan fingerprint density at radius 1 is 1.17 bits per heavy atom. The van der Waals surface area contributed by atoms with E-state index in [-0.39, 0.29) is 0 Å². The number of aromatic nitrogens is 4. The van der Waals surface area contributed by atoms with E-state index < -0.39 is 0 Å². The first kappa shape index (κ1) is 14.2. The van der Waals surface area contributed by atoms with E-state index >= 15 is 0 Å². The number of nitrogens with zero attached hydrogens (tertiary/aromatic N) is 4. The Morgan fingerprint density at radius 2 is 2.04 bits per heavy atom. The summed E-state index contributed by atoms with van der Waals surface area (Å²) in [5.74, 6) is 1.12. The summed E-state index contributed by atoms with van der Waals surface area (Å²) < 4.78 is 5.03. The molecule has 4 aromatic rings. The van der Waals surface area contributed by atoms with Gasteiger partial charge in [-0.25, -0.2) is 4.98 Å². The minimum absolute atomic E-state index is 0.540. The lowest BCUT2D eigenvalue weighted by molar-refractivity contribution is 0.394. The van der Waals surface area contributed by atoms with Gasteiger partial charge in [0.05, 0.1) is 5.56 Å². The van der Waals surface area contributed by atoms with Crippen molar-refractivity contribution < 1.29 is 4.52 Å². The van der Waals surface area contributed by atoms with Crippen molar-refractivity contribution >= 4 is 11.0 Å². The van der Waals surface area contributed by atoms with Gasteiger partial charge in [-0.15, -0.1) is 0 Å². The van der Waals surface area contributed by atoms with Crippen LogP contribution < -0.4 is 0 Å². The Bertz CT molecular complexity index is 1100. The molecule has 0 unspecified atom stereocenters. The van der Waals surface area contributed by atoms with Crippen molar-refractivity contribution in [3.8, 4) is 28.6 Å². The lowest BCUT2D eigenvalue weighted by Crippen LogP contribution is -1.88. The van der Waals surface area contributed by atoms with E-state index in [1.165, 1.54) is 0 Å². The molecule has 1 N–H and O–H groups in total. The van der Waals surface area contributed by atoms with E-state index in [1.54, 1.807) is 19.3 Å². The predicted molar refractivity (Wildman–Crippen MR) is 89.0 cm³/mol. The molecule has 0 saturated carbocycles. The van der Waals surface area contributed by atoms with Crippen LogP contribution in [0.1, 0.15) is 17.0 Å². The van der Waals surface area contributed by atoms with Crippen molar-refractivity contribution in [3.05, 3.63) is 53.7 Å². The number of rotatable bonds is 2. The van der Waals surface area contributed by atoms with E-state index in [4.69, 9.17) is 4.52 Å². The van der Waals surface area contributed by atoms with Crippen LogP contribution in [0.25, 0.3) is 33.5 Å². The van der Waals surface area contributed by atoms with Crippen molar-refractivity contribution in [2.24, 2.45) is 0 Å². The number of fused-ring (bicyclic) bond motifs is 1. The molecule has 0 bridgehead atoms. The summed E-state index contributed by atoms with van der Waals surface area (Å²) >= 11 is 0. The molecule has 0 amide bonds. The van der Waals surface area contributed by atoms with Gasteiger partial charge in [0.2, 0.25) is 11.7 Å². The molecular weight excluding hydrogens is 302 g/mol. The maximum absolute atomic E-state index is 9.18. The van der Waals surface area contributed by atoms with Gasteiger partial charge in [-0.1, -0.05) is 17.3 Å². The fraction of sp³-hybridized carbons (Fsp3) is 0.111. The molecule has 0 saturated heterocycles. The van der Waals surface area contributed by atoms with E-state index in [9.17, 15) is 5.26 Å². The number of benzene rings is 1. The molecule has 0 atom stereocenters. The first-order valence-corrected chi connectivity index (χ1v) is 7.44. The van der Waals surface area contributed by atoms with Gasteiger partial charge in [0.25, 0.3) is 0 Å². The van der Waals surface area contributed by atoms with Crippen molar-refractivity contribution in [1.29, 1.82) is 5.26 Å². The zero-order valence-corrected chi connectivity index (χ0v) is 13.2. The van der Waals surface area contributed by atoms with E-state index in [1.807, 2.05) is 31.2 Å². The zero-order chi connectivity index (χ0) is 16.7. The van der Waals surface area contributed by atoms with Crippen LogP contribution in [0.5, 0.6) is 0 Å². The Labute approximate surface area is 137 Å². The van der Waals surface area contributed by atoms with Gasteiger partial charge in [-0.3, -0.25) is 0 Å². The van der Waals surface area contributed by atoms with Crippen LogP contribution in [0.4, 0.5) is 0 Å². The summed E-state index contributed by atoms with van der Waals surface area (Å²) in [6.07, 6.45) is 3.48. The number of hydrogen-bond acceptors (Lipinski definition) is 5. The number of aromatic amines is 1. The highest BCUT2D eigenvalue weighted by atomic mass is 16.5. The van der Waals surface area contributed by atoms with Gasteiger partial charge in [0, 0.05) is 35.8 Å². The predicted octanol–water partition coefficient (Wildman–Crippen LogP) is 3.77. The van der Waals surface area contributed by atoms with Crippen LogP contribution >= 0.6 is 0 Å². The molecule has 0 aliphatic carbocycles. The third-order valence-corrected chi connectivity index (χ3v) is 3.97. The van der Waals surface area contributed by atoms with Crippen LogP contribution in [-0.2, 0) is 0 Å². The van der Waals surface area contributed by atoms with Crippen molar-refractivity contribution in [2.45, 2.75) is 13.8 Å². The average Bonchev–Trinajstić information content (AvgIpc) is 3.20. The number of nitriles is 1. The van der Waals surface area contributed by atoms with Crippen LogP contribution in [0.15, 0.2) is 41.2 Å². The third-order valence-electron chi connectivity index (χ3n) is 3.97. The largest absolute Gasteiger partial charge is 0.345 e. The molecule has 0 fully saturated rings. The number of nitrogens with one attached hydrogen (secondary N) is 1. The van der Waals surface area contributed by atoms with Gasteiger partial charge in [0.15, 0.2) is 0 Å². The fourth-order valence-electron chi connectivity index (χ4n) is 2.79. The molecule has 0 spiro atoms. The second kappa shape index (κ2) is 5.32. The second-order valence-electron chi connectivity index (χ2n) is 5.60. The van der Waals surface area contributed by atoms with Gasteiger partial charge in [-0.05, 0) is 30.2 Å². The Kier molecular flexibility index (Phi) is 3.14. The number of H-pyrrole nitrogens is 1. The molecular formula is C18H13N5O. The van der Waals surface area contributed by atoms with Crippen molar-refractivity contribution in [3.63, 3.8) is 0 Å². The standard InChI is InChI=1S/C18H13N5O/c1-10-5-12(17-22-11(2)24-23-17)3-4-15(10)13-6-16-14(7-19)9-21-18(16)20-8-13/h3-6,8-9H,1-2H3,(H,20,21). The van der Waals surface area contributed by atoms with E-state index in [2.05, 4.69) is 26.2 Å². The molecule has 3 heterocycles. The Morgan fingerprint density at radius 3 is 2.75 bits per heavy atom. The highest BCUT2D eigenvalue weighted by Crippen LogP contribution is 2.29. The fourth-order valence-corrected chi connectivity index (χ4v) is 2.79. The topological polar surface area (TPSA) is 91.4 Å². The van der Waals surface area contributed by atoms with Crippen molar-refractivity contribution in [2.75, 3.05) is 0 Å². The number of aryl methyl sites for hydroxylation is 2. The molecule has 3 aromatic heterocycles. The van der Waals surface area contributed by atoms with Crippen molar-refractivity contribution in [1.82, 2.24) is 20.1 Å². The third kappa shape index (κ3) is 2.23. The normalized spacial score (nSPS) is 10.9. The summed E-state index contributed by atoms with van der Waals surface area (Å²) in [7, 11) is 0. The van der Waals surface area contributed by atoms with Crippen LogP contribution in [-0.4, -0.2) is 20.1 Å². The minimum atomic E-state index is 0.540. The van der Waals surface area contributed by atoms with Gasteiger partial charge in [0.1, 0.15) is 11.7 Å². The molecule has 6 nitrogen and oxygen atoms in total. The maximum Gasteiger partial charge on any atom is 0.223 e. The molecule has 116 valence electrons. The monoisotopic (exact) mass is 315 g/mol. The number of pyridine rings is 1. The maximum atomic E-state index is 9.18. The van der Waals surface area contributed by atoms with Crippen LogP contribution in [0.2, 0.25) is 0 Å². The van der Waals surface area contributed by atoms with Gasteiger partial charge >= 0.3 is 0 Å². The molecule has 0 radical (unpaired) electrons. The summed E-state index contributed by atoms with van der Waals surface area (Å²) in [5, 5.41) is 14.0.